The second-order valence-corrected chi connectivity index (χ2v) is 5.72. The van der Waals surface area contributed by atoms with Crippen LogP contribution in [0.4, 0.5) is 5.69 Å². The number of likely N-dealkylation sites (N-methyl/N-ethyl adjacent to an activating group) is 2. The van der Waals surface area contributed by atoms with Gasteiger partial charge in [-0.15, -0.1) is 0 Å². The number of aryl methyl sites for hydroxylation is 1. The molecule has 0 aliphatic carbocycles. The van der Waals surface area contributed by atoms with Gasteiger partial charge in [0.05, 0.1) is 0 Å². The number of hydrogen-bond acceptors (Lipinski definition) is 3. The Morgan fingerprint density at radius 2 is 2.25 bits per heavy atom. The number of amidine groups is 1. The zero-order valence-corrected chi connectivity index (χ0v) is 12.8. The van der Waals surface area contributed by atoms with E-state index in [1.54, 1.807) is 0 Å². The number of anilines is 1. The van der Waals surface area contributed by atoms with Crippen molar-refractivity contribution < 1.29 is 0 Å². The van der Waals surface area contributed by atoms with Crippen molar-refractivity contribution in [1.82, 2.24) is 4.90 Å². The number of hydrogen-bond donors (Lipinski definition) is 2. The Balaban J connectivity index is 2.07. The summed E-state index contributed by atoms with van der Waals surface area (Å²) in [6.07, 6.45) is 2.61. The van der Waals surface area contributed by atoms with E-state index in [9.17, 15) is 0 Å². The Morgan fingerprint density at radius 1 is 1.50 bits per heavy atom. The van der Waals surface area contributed by atoms with Crippen molar-refractivity contribution >= 4 is 11.5 Å². The Kier molecular flexibility index (Phi) is 4.65. The molecule has 4 heteroatoms. The predicted molar refractivity (Wildman–Crippen MR) is 85.7 cm³/mol. The van der Waals surface area contributed by atoms with E-state index >= 15 is 0 Å². The number of nitrogens with zero attached hydrogens (tertiary/aromatic N) is 2. The lowest BCUT2D eigenvalue weighted by molar-refractivity contribution is 0.270. The summed E-state index contributed by atoms with van der Waals surface area (Å²) in [5.41, 5.74) is 8.68. The average molecular weight is 274 g/mol. The Hall–Kier alpha value is -1.55. The van der Waals surface area contributed by atoms with E-state index in [0.29, 0.717) is 6.04 Å². The Bertz CT molecular complexity index is 483. The highest BCUT2D eigenvalue weighted by molar-refractivity contribution is 5.96. The highest BCUT2D eigenvalue weighted by Gasteiger charge is 2.24. The lowest BCUT2D eigenvalue weighted by atomic mass is 10.1. The van der Waals surface area contributed by atoms with Crippen LogP contribution in [0.15, 0.2) is 18.2 Å². The maximum atomic E-state index is 7.54. The Labute approximate surface area is 122 Å². The van der Waals surface area contributed by atoms with Gasteiger partial charge in [-0.25, -0.2) is 0 Å². The third kappa shape index (κ3) is 3.12. The molecule has 0 spiro atoms. The minimum atomic E-state index is 0.143. The number of nitrogens with one attached hydrogen (secondary N) is 1. The van der Waals surface area contributed by atoms with E-state index in [2.05, 4.69) is 35.9 Å². The molecule has 1 atom stereocenters. The fourth-order valence-electron chi connectivity index (χ4n) is 3.13. The number of nitrogens with two attached hydrogens (primary N) is 1. The molecule has 0 aromatic heterocycles. The fourth-order valence-corrected chi connectivity index (χ4v) is 3.13. The zero-order valence-electron chi connectivity index (χ0n) is 12.8. The molecule has 20 heavy (non-hydrogen) atoms. The van der Waals surface area contributed by atoms with Crippen molar-refractivity contribution in [3.05, 3.63) is 29.3 Å². The van der Waals surface area contributed by atoms with Crippen LogP contribution >= 0.6 is 0 Å². The van der Waals surface area contributed by atoms with Crippen molar-refractivity contribution in [1.29, 1.82) is 5.41 Å². The second-order valence-electron chi connectivity index (χ2n) is 5.72. The molecule has 0 bridgehead atoms. The van der Waals surface area contributed by atoms with Gasteiger partial charge in [-0.3, -0.25) is 10.3 Å². The highest BCUT2D eigenvalue weighted by atomic mass is 15.2. The molecule has 1 aliphatic heterocycles. The van der Waals surface area contributed by atoms with E-state index in [1.165, 1.54) is 25.1 Å². The van der Waals surface area contributed by atoms with Gasteiger partial charge in [0.2, 0.25) is 0 Å². The molecular formula is C16H26N4. The zero-order chi connectivity index (χ0) is 14.7. The number of benzene rings is 1. The van der Waals surface area contributed by atoms with E-state index in [1.807, 2.05) is 13.0 Å². The average Bonchev–Trinajstić information content (AvgIpc) is 2.85. The summed E-state index contributed by atoms with van der Waals surface area (Å²) < 4.78 is 0. The van der Waals surface area contributed by atoms with Crippen molar-refractivity contribution in [2.45, 2.75) is 32.7 Å². The lowest BCUT2D eigenvalue weighted by Gasteiger charge is -2.29. The topological polar surface area (TPSA) is 56.4 Å². The molecule has 1 fully saturated rings. The van der Waals surface area contributed by atoms with Crippen molar-refractivity contribution in [2.24, 2.45) is 5.73 Å². The largest absolute Gasteiger partial charge is 0.384 e. The van der Waals surface area contributed by atoms with Gasteiger partial charge >= 0.3 is 0 Å². The molecule has 1 unspecified atom stereocenters. The van der Waals surface area contributed by atoms with E-state index in [0.717, 1.165) is 24.2 Å². The predicted octanol–water partition coefficient (Wildman–Crippen LogP) is 2.20. The van der Waals surface area contributed by atoms with Gasteiger partial charge in [-0.1, -0.05) is 6.92 Å². The first kappa shape index (κ1) is 14.9. The fraction of sp³-hybridized carbons (Fsp3) is 0.562. The van der Waals surface area contributed by atoms with Gasteiger partial charge in [0.1, 0.15) is 5.84 Å². The van der Waals surface area contributed by atoms with Gasteiger partial charge < -0.3 is 10.6 Å². The molecule has 4 nitrogen and oxygen atoms in total. The number of likely N-dealkylation sites (tertiary alicyclic amines) is 1. The summed E-state index contributed by atoms with van der Waals surface area (Å²) >= 11 is 0. The molecule has 1 aliphatic rings. The monoisotopic (exact) mass is 274 g/mol. The molecular weight excluding hydrogens is 248 g/mol. The smallest absolute Gasteiger partial charge is 0.123 e. The van der Waals surface area contributed by atoms with Crippen LogP contribution in [-0.4, -0.2) is 43.5 Å². The maximum Gasteiger partial charge on any atom is 0.123 e. The molecule has 1 saturated heterocycles. The quantitative estimate of drug-likeness (QED) is 0.639. The van der Waals surface area contributed by atoms with Crippen LogP contribution in [0.5, 0.6) is 0 Å². The van der Waals surface area contributed by atoms with Gasteiger partial charge in [0.15, 0.2) is 0 Å². The molecule has 0 amide bonds. The first-order chi connectivity index (χ1) is 9.52. The minimum absolute atomic E-state index is 0.143. The number of rotatable bonds is 5. The van der Waals surface area contributed by atoms with E-state index < -0.39 is 0 Å². The van der Waals surface area contributed by atoms with Crippen molar-refractivity contribution in [3.8, 4) is 0 Å². The van der Waals surface area contributed by atoms with Gasteiger partial charge in [0, 0.05) is 30.9 Å². The summed E-state index contributed by atoms with van der Waals surface area (Å²) in [5.74, 6) is 0.143. The molecule has 2 rings (SSSR count). The molecule has 1 heterocycles. The van der Waals surface area contributed by atoms with Crippen LogP contribution < -0.4 is 10.6 Å². The second kappa shape index (κ2) is 6.27. The van der Waals surface area contributed by atoms with Crippen LogP contribution in [0, 0.1) is 12.3 Å². The van der Waals surface area contributed by atoms with Crippen LogP contribution in [0.2, 0.25) is 0 Å². The Morgan fingerprint density at radius 3 is 2.85 bits per heavy atom. The van der Waals surface area contributed by atoms with Crippen LogP contribution in [0.25, 0.3) is 0 Å². The summed E-state index contributed by atoms with van der Waals surface area (Å²) in [5, 5.41) is 7.54. The van der Waals surface area contributed by atoms with Crippen molar-refractivity contribution in [2.75, 3.05) is 31.6 Å². The summed E-state index contributed by atoms with van der Waals surface area (Å²) in [7, 11) is 2.15. The lowest BCUT2D eigenvalue weighted by Crippen LogP contribution is -2.38. The van der Waals surface area contributed by atoms with Gasteiger partial charge in [-0.2, -0.15) is 0 Å². The maximum absolute atomic E-state index is 7.54. The van der Waals surface area contributed by atoms with Gasteiger partial charge in [0.25, 0.3) is 0 Å². The molecule has 0 saturated carbocycles. The first-order valence-electron chi connectivity index (χ1n) is 7.43. The SMILES string of the molecule is CCN1CCCC1CN(C)c1ccc(C(=N)N)c(C)c1. The normalized spacial score (nSPS) is 19.2. The molecule has 1 aromatic rings. The van der Waals surface area contributed by atoms with Crippen LogP contribution in [0.1, 0.15) is 30.9 Å². The highest BCUT2D eigenvalue weighted by Crippen LogP contribution is 2.22. The summed E-state index contributed by atoms with van der Waals surface area (Å²) in [4.78, 5) is 4.88. The molecule has 110 valence electrons. The third-order valence-corrected chi connectivity index (χ3v) is 4.33. The molecule has 3 N–H and O–H groups in total. The number of nitrogen functional groups attached to an aromatic ring is 1. The van der Waals surface area contributed by atoms with Crippen LogP contribution in [0.3, 0.4) is 0 Å². The summed E-state index contributed by atoms with van der Waals surface area (Å²) in [6.45, 7) is 7.69. The van der Waals surface area contributed by atoms with Crippen LogP contribution in [-0.2, 0) is 0 Å². The standard InChI is InChI=1S/C16H26N4/c1-4-20-9-5-6-14(20)11-19(3)13-7-8-15(16(17)18)12(2)10-13/h7-8,10,14H,4-6,9,11H2,1-3H3,(H3,17,18). The third-order valence-electron chi connectivity index (χ3n) is 4.33. The van der Waals surface area contributed by atoms with E-state index in [-0.39, 0.29) is 5.84 Å². The molecule has 1 aromatic carbocycles. The first-order valence-corrected chi connectivity index (χ1v) is 7.43. The van der Waals surface area contributed by atoms with Crippen molar-refractivity contribution in [3.63, 3.8) is 0 Å². The minimum Gasteiger partial charge on any atom is -0.384 e. The summed E-state index contributed by atoms with van der Waals surface area (Å²) in [6, 6.07) is 6.81. The molecule has 0 radical (unpaired) electrons. The van der Waals surface area contributed by atoms with E-state index in [4.69, 9.17) is 11.1 Å². The van der Waals surface area contributed by atoms with Gasteiger partial charge in [-0.05, 0) is 56.6 Å².